The first-order valence-corrected chi connectivity index (χ1v) is 8.49. The van der Waals surface area contributed by atoms with Crippen molar-refractivity contribution in [2.24, 2.45) is 5.92 Å². The van der Waals surface area contributed by atoms with Gasteiger partial charge in [-0.25, -0.2) is 0 Å². The van der Waals surface area contributed by atoms with Gasteiger partial charge in [0.2, 0.25) is 0 Å². The average molecular weight is 318 g/mol. The van der Waals surface area contributed by atoms with Crippen LogP contribution in [0.25, 0.3) is 0 Å². The highest BCUT2D eigenvalue weighted by Crippen LogP contribution is 2.28. The number of morpholine rings is 1. The Hall–Kier alpha value is -1.59. The molecule has 1 amide bonds. The van der Waals surface area contributed by atoms with E-state index in [2.05, 4.69) is 24.1 Å². The van der Waals surface area contributed by atoms with Crippen LogP contribution in [0.5, 0.6) is 5.75 Å². The van der Waals surface area contributed by atoms with Crippen LogP contribution < -0.4 is 10.1 Å². The molecule has 2 atom stereocenters. The molecule has 0 spiro atoms. The second-order valence-electron chi connectivity index (χ2n) is 6.62. The van der Waals surface area contributed by atoms with E-state index in [-0.39, 0.29) is 5.91 Å². The Morgan fingerprint density at radius 2 is 2.04 bits per heavy atom. The number of amides is 1. The Morgan fingerprint density at radius 3 is 2.74 bits per heavy atom. The minimum atomic E-state index is -0.398. The molecule has 1 N–H and O–H groups in total. The largest absolute Gasteiger partial charge is 0.480 e. The SMILES string of the molecule is CC(C)[C@H](CNC(=O)[C@@H]1Cc2ccccc2O1)N1CCOCC1. The molecular weight excluding hydrogens is 292 g/mol. The van der Waals surface area contributed by atoms with Gasteiger partial charge in [-0.3, -0.25) is 9.69 Å². The van der Waals surface area contributed by atoms with Crippen LogP contribution in [-0.2, 0) is 16.0 Å². The lowest BCUT2D eigenvalue weighted by Crippen LogP contribution is -2.52. The molecule has 0 saturated carbocycles. The maximum Gasteiger partial charge on any atom is 0.261 e. The molecule has 1 aromatic rings. The topological polar surface area (TPSA) is 50.8 Å². The summed E-state index contributed by atoms with van der Waals surface area (Å²) in [6, 6.07) is 8.20. The van der Waals surface area contributed by atoms with Crippen molar-refractivity contribution in [1.82, 2.24) is 10.2 Å². The molecular formula is C18H26N2O3. The number of nitrogens with zero attached hydrogens (tertiary/aromatic N) is 1. The van der Waals surface area contributed by atoms with Gasteiger partial charge in [0.1, 0.15) is 5.75 Å². The van der Waals surface area contributed by atoms with Crippen molar-refractivity contribution >= 4 is 5.91 Å². The minimum Gasteiger partial charge on any atom is -0.480 e. The smallest absolute Gasteiger partial charge is 0.261 e. The molecule has 126 valence electrons. The number of benzene rings is 1. The van der Waals surface area contributed by atoms with Crippen molar-refractivity contribution in [3.05, 3.63) is 29.8 Å². The van der Waals surface area contributed by atoms with Crippen LogP contribution in [0.4, 0.5) is 0 Å². The van der Waals surface area contributed by atoms with Crippen LogP contribution >= 0.6 is 0 Å². The van der Waals surface area contributed by atoms with E-state index in [1.165, 1.54) is 0 Å². The first-order chi connectivity index (χ1) is 11.1. The fourth-order valence-corrected chi connectivity index (χ4v) is 3.34. The molecule has 2 aliphatic heterocycles. The molecule has 0 bridgehead atoms. The standard InChI is InChI=1S/C18H26N2O3/c1-13(2)15(20-7-9-22-10-8-20)12-19-18(21)17-11-14-5-3-4-6-16(14)23-17/h3-6,13,15,17H,7-12H2,1-2H3,(H,19,21)/t15-,17-/m0/s1. The van der Waals surface area contributed by atoms with Crippen molar-refractivity contribution in [2.75, 3.05) is 32.8 Å². The van der Waals surface area contributed by atoms with Crippen LogP contribution in [0.2, 0.25) is 0 Å². The summed E-state index contributed by atoms with van der Waals surface area (Å²) < 4.78 is 11.2. The van der Waals surface area contributed by atoms with Gasteiger partial charge >= 0.3 is 0 Å². The molecule has 23 heavy (non-hydrogen) atoms. The fraction of sp³-hybridized carbons (Fsp3) is 0.611. The van der Waals surface area contributed by atoms with Crippen LogP contribution in [0.3, 0.4) is 0 Å². The quantitative estimate of drug-likeness (QED) is 0.893. The Kier molecular flexibility index (Phi) is 5.18. The summed E-state index contributed by atoms with van der Waals surface area (Å²) in [6.07, 6.45) is 0.260. The lowest BCUT2D eigenvalue weighted by Gasteiger charge is -2.37. The Balaban J connectivity index is 1.53. The molecule has 1 saturated heterocycles. The highest BCUT2D eigenvalue weighted by molar-refractivity contribution is 5.82. The van der Waals surface area contributed by atoms with Gasteiger partial charge in [0.15, 0.2) is 6.10 Å². The normalized spacial score (nSPS) is 22.5. The summed E-state index contributed by atoms with van der Waals surface area (Å²) >= 11 is 0. The first kappa shape index (κ1) is 16.3. The number of rotatable bonds is 5. The zero-order chi connectivity index (χ0) is 16.2. The van der Waals surface area contributed by atoms with E-state index in [0.717, 1.165) is 37.6 Å². The Bertz CT molecular complexity index is 516. The van der Waals surface area contributed by atoms with Crippen molar-refractivity contribution < 1.29 is 14.3 Å². The van der Waals surface area contributed by atoms with E-state index in [9.17, 15) is 4.79 Å². The molecule has 0 aromatic heterocycles. The molecule has 2 heterocycles. The van der Waals surface area contributed by atoms with Crippen molar-refractivity contribution in [3.8, 4) is 5.75 Å². The van der Waals surface area contributed by atoms with Gasteiger partial charge in [-0.1, -0.05) is 32.0 Å². The van der Waals surface area contributed by atoms with Gasteiger partial charge in [0.05, 0.1) is 13.2 Å². The number of para-hydroxylation sites is 1. The maximum absolute atomic E-state index is 12.4. The Labute approximate surface area is 137 Å². The molecule has 0 radical (unpaired) electrons. The third-order valence-corrected chi connectivity index (χ3v) is 4.71. The van der Waals surface area contributed by atoms with Gasteiger partial charge in [0, 0.05) is 32.1 Å². The number of fused-ring (bicyclic) bond motifs is 1. The molecule has 1 aromatic carbocycles. The lowest BCUT2D eigenvalue weighted by molar-refractivity contribution is -0.127. The summed E-state index contributed by atoms with van der Waals surface area (Å²) in [7, 11) is 0. The van der Waals surface area contributed by atoms with Crippen molar-refractivity contribution in [2.45, 2.75) is 32.4 Å². The lowest BCUT2D eigenvalue weighted by atomic mass is 10.0. The van der Waals surface area contributed by atoms with Gasteiger partial charge < -0.3 is 14.8 Å². The van der Waals surface area contributed by atoms with Gasteiger partial charge in [-0.2, -0.15) is 0 Å². The average Bonchev–Trinajstić information content (AvgIpc) is 2.99. The van der Waals surface area contributed by atoms with E-state index in [4.69, 9.17) is 9.47 Å². The van der Waals surface area contributed by atoms with Gasteiger partial charge in [0.25, 0.3) is 5.91 Å². The predicted octanol–water partition coefficient (Wildman–Crippen LogP) is 1.46. The summed E-state index contributed by atoms with van der Waals surface area (Å²) in [5.74, 6) is 1.30. The number of hydrogen-bond donors (Lipinski definition) is 1. The van der Waals surface area contributed by atoms with Crippen LogP contribution in [-0.4, -0.2) is 55.8 Å². The molecule has 5 heteroatoms. The monoisotopic (exact) mass is 318 g/mol. The van der Waals surface area contributed by atoms with Crippen LogP contribution in [0.15, 0.2) is 24.3 Å². The molecule has 5 nitrogen and oxygen atoms in total. The summed E-state index contributed by atoms with van der Waals surface area (Å²) in [5.41, 5.74) is 1.11. The summed E-state index contributed by atoms with van der Waals surface area (Å²) in [4.78, 5) is 14.9. The van der Waals surface area contributed by atoms with Crippen molar-refractivity contribution in [1.29, 1.82) is 0 Å². The molecule has 2 aliphatic rings. The Morgan fingerprint density at radius 1 is 1.30 bits per heavy atom. The van der Waals surface area contributed by atoms with Crippen molar-refractivity contribution in [3.63, 3.8) is 0 Å². The summed E-state index contributed by atoms with van der Waals surface area (Å²) in [6.45, 7) is 8.49. The zero-order valence-corrected chi connectivity index (χ0v) is 14.0. The van der Waals surface area contributed by atoms with Gasteiger partial charge in [-0.15, -0.1) is 0 Å². The third kappa shape index (κ3) is 3.85. The van der Waals surface area contributed by atoms with Crippen LogP contribution in [0.1, 0.15) is 19.4 Å². The number of carbonyl (C=O) groups is 1. The van der Waals surface area contributed by atoms with Crippen LogP contribution in [0, 0.1) is 5.92 Å². The molecule has 0 unspecified atom stereocenters. The van der Waals surface area contributed by atoms with E-state index in [1.54, 1.807) is 0 Å². The highest BCUT2D eigenvalue weighted by Gasteiger charge is 2.30. The predicted molar refractivity (Wildman–Crippen MR) is 88.6 cm³/mol. The fourth-order valence-electron chi connectivity index (χ4n) is 3.34. The summed E-state index contributed by atoms with van der Waals surface area (Å²) in [5, 5.41) is 3.09. The minimum absolute atomic E-state index is 0.0138. The number of nitrogens with one attached hydrogen (secondary N) is 1. The van der Waals surface area contributed by atoms with E-state index in [0.29, 0.717) is 24.9 Å². The van der Waals surface area contributed by atoms with E-state index >= 15 is 0 Å². The second kappa shape index (κ2) is 7.32. The number of carbonyl (C=O) groups excluding carboxylic acids is 1. The second-order valence-corrected chi connectivity index (χ2v) is 6.62. The number of ether oxygens (including phenoxy) is 2. The first-order valence-electron chi connectivity index (χ1n) is 8.49. The zero-order valence-electron chi connectivity index (χ0n) is 14.0. The third-order valence-electron chi connectivity index (χ3n) is 4.71. The molecule has 0 aliphatic carbocycles. The maximum atomic E-state index is 12.4. The van der Waals surface area contributed by atoms with E-state index < -0.39 is 6.10 Å². The van der Waals surface area contributed by atoms with E-state index in [1.807, 2.05) is 24.3 Å². The number of hydrogen-bond acceptors (Lipinski definition) is 4. The molecule has 3 rings (SSSR count). The highest BCUT2D eigenvalue weighted by atomic mass is 16.5. The van der Waals surface area contributed by atoms with Gasteiger partial charge in [-0.05, 0) is 17.5 Å². The molecule has 1 fully saturated rings.